The van der Waals surface area contributed by atoms with Gasteiger partial charge in [0.25, 0.3) is 0 Å². The number of carbonyl (C=O) groups is 1. The van der Waals surface area contributed by atoms with E-state index in [0.29, 0.717) is 5.16 Å². The van der Waals surface area contributed by atoms with Crippen molar-refractivity contribution in [3.05, 3.63) is 36.0 Å². The summed E-state index contributed by atoms with van der Waals surface area (Å²) in [5, 5.41) is 0.657. The topological polar surface area (TPSA) is 70.1 Å². The van der Waals surface area contributed by atoms with Gasteiger partial charge in [-0.3, -0.25) is 4.57 Å². The average Bonchev–Trinajstić information content (AvgIpc) is 2.75. The lowest BCUT2D eigenvalue weighted by Crippen LogP contribution is -2.17. The lowest BCUT2D eigenvalue weighted by Gasteiger charge is -2.12. The van der Waals surface area contributed by atoms with Crippen molar-refractivity contribution in [1.82, 2.24) is 9.55 Å². The van der Waals surface area contributed by atoms with E-state index in [1.165, 1.54) is 11.8 Å². The molecule has 0 fully saturated rings. The molecular weight excluding hydrogens is 274 g/mol. The van der Waals surface area contributed by atoms with Crippen molar-refractivity contribution in [1.29, 1.82) is 0 Å². The molecule has 1 heterocycles. The van der Waals surface area contributed by atoms with Crippen molar-refractivity contribution in [2.75, 3.05) is 12.0 Å². The number of hydrogen-bond acceptors (Lipinski definition) is 5. The van der Waals surface area contributed by atoms with Crippen molar-refractivity contribution < 1.29 is 9.53 Å². The van der Waals surface area contributed by atoms with Gasteiger partial charge >= 0.3 is 5.97 Å². The molecular formula is C14H17N3O2S. The maximum absolute atomic E-state index is 12.2. The molecule has 2 rings (SSSR count). The van der Waals surface area contributed by atoms with Crippen molar-refractivity contribution >= 4 is 23.5 Å². The standard InChI is InChI=1S/C14H17N3O2S/c1-9(2)19-13(18)11-12(15)16-14(20-3)17(11)10-7-5-4-6-8-10/h4-9H,15H2,1-3H3. The molecule has 0 aliphatic carbocycles. The van der Waals surface area contributed by atoms with Gasteiger partial charge in [0.15, 0.2) is 16.7 Å². The van der Waals surface area contributed by atoms with Crippen LogP contribution in [-0.4, -0.2) is 27.9 Å². The highest BCUT2D eigenvalue weighted by atomic mass is 32.2. The Hall–Kier alpha value is -1.95. The SMILES string of the molecule is CSc1nc(N)c(C(=O)OC(C)C)n1-c1ccccc1. The predicted molar refractivity (Wildman–Crippen MR) is 80.3 cm³/mol. The number of rotatable bonds is 4. The van der Waals surface area contributed by atoms with Gasteiger partial charge in [0, 0.05) is 5.69 Å². The number of nitrogen functional groups attached to an aromatic ring is 1. The minimum absolute atomic E-state index is 0.184. The minimum atomic E-state index is -0.464. The largest absolute Gasteiger partial charge is 0.458 e. The number of imidazole rings is 1. The molecule has 0 spiro atoms. The van der Waals surface area contributed by atoms with Crippen LogP contribution >= 0.6 is 11.8 Å². The quantitative estimate of drug-likeness (QED) is 0.693. The Labute approximate surface area is 122 Å². The predicted octanol–water partition coefficient (Wildman–Crippen LogP) is 2.74. The zero-order chi connectivity index (χ0) is 14.7. The first-order valence-electron chi connectivity index (χ1n) is 6.23. The second-order valence-electron chi connectivity index (χ2n) is 4.46. The summed E-state index contributed by atoms with van der Waals surface area (Å²) in [5.74, 6) is -0.280. The molecule has 0 radical (unpaired) electrons. The van der Waals surface area contributed by atoms with Crippen molar-refractivity contribution in [2.45, 2.75) is 25.1 Å². The third-order valence-electron chi connectivity index (χ3n) is 2.61. The molecule has 5 nitrogen and oxygen atoms in total. The summed E-state index contributed by atoms with van der Waals surface area (Å²) in [6, 6.07) is 9.50. The monoisotopic (exact) mass is 291 g/mol. The maximum atomic E-state index is 12.2. The fraction of sp³-hybridized carbons (Fsp3) is 0.286. The number of nitrogens with two attached hydrogens (primary N) is 1. The maximum Gasteiger partial charge on any atom is 0.359 e. The van der Waals surface area contributed by atoms with E-state index in [1.54, 1.807) is 18.4 Å². The summed E-state index contributed by atoms with van der Waals surface area (Å²) in [7, 11) is 0. The number of para-hydroxylation sites is 1. The molecule has 0 saturated carbocycles. The summed E-state index contributed by atoms with van der Waals surface area (Å²) >= 11 is 1.43. The van der Waals surface area contributed by atoms with E-state index in [0.717, 1.165) is 5.69 Å². The van der Waals surface area contributed by atoms with Crippen molar-refractivity contribution in [3.8, 4) is 5.69 Å². The first kappa shape index (κ1) is 14.5. The molecule has 2 N–H and O–H groups in total. The molecule has 20 heavy (non-hydrogen) atoms. The number of anilines is 1. The van der Waals surface area contributed by atoms with Crippen LogP contribution in [0.25, 0.3) is 5.69 Å². The first-order valence-corrected chi connectivity index (χ1v) is 7.45. The van der Waals surface area contributed by atoms with Crippen LogP contribution in [0.1, 0.15) is 24.3 Å². The molecule has 0 amide bonds. The van der Waals surface area contributed by atoms with E-state index < -0.39 is 5.97 Å². The van der Waals surface area contributed by atoms with Crippen LogP contribution < -0.4 is 5.73 Å². The lowest BCUT2D eigenvalue weighted by molar-refractivity contribution is 0.0369. The zero-order valence-corrected chi connectivity index (χ0v) is 12.5. The summed E-state index contributed by atoms with van der Waals surface area (Å²) in [5.41, 5.74) is 6.99. The summed E-state index contributed by atoms with van der Waals surface area (Å²) in [4.78, 5) is 16.5. The average molecular weight is 291 g/mol. The van der Waals surface area contributed by atoms with Gasteiger partial charge in [-0.2, -0.15) is 0 Å². The number of benzene rings is 1. The lowest BCUT2D eigenvalue weighted by atomic mass is 10.3. The van der Waals surface area contributed by atoms with E-state index in [9.17, 15) is 4.79 Å². The Morgan fingerprint density at radius 1 is 1.35 bits per heavy atom. The molecule has 2 aromatic rings. The highest BCUT2D eigenvalue weighted by Crippen LogP contribution is 2.26. The van der Waals surface area contributed by atoms with E-state index in [4.69, 9.17) is 10.5 Å². The van der Waals surface area contributed by atoms with Gasteiger partial charge < -0.3 is 10.5 Å². The molecule has 0 saturated heterocycles. The van der Waals surface area contributed by atoms with Gasteiger partial charge in [0.05, 0.1) is 6.10 Å². The van der Waals surface area contributed by atoms with Gasteiger partial charge in [0.2, 0.25) is 0 Å². The Kier molecular flexibility index (Phi) is 4.34. The number of ether oxygens (including phenoxy) is 1. The zero-order valence-electron chi connectivity index (χ0n) is 11.7. The molecule has 0 aliphatic heterocycles. The fourth-order valence-electron chi connectivity index (χ4n) is 1.84. The van der Waals surface area contributed by atoms with Crippen LogP contribution in [0.2, 0.25) is 0 Å². The second kappa shape index (κ2) is 6.00. The number of hydrogen-bond donors (Lipinski definition) is 1. The smallest absolute Gasteiger partial charge is 0.359 e. The number of aromatic nitrogens is 2. The van der Waals surface area contributed by atoms with Crippen molar-refractivity contribution in [3.63, 3.8) is 0 Å². The Bertz CT molecular complexity index is 608. The molecule has 1 aromatic carbocycles. The summed E-state index contributed by atoms with van der Waals surface area (Å²) in [6.45, 7) is 3.60. The number of thioether (sulfide) groups is 1. The highest BCUT2D eigenvalue weighted by molar-refractivity contribution is 7.98. The number of esters is 1. The summed E-state index contributed by atoms with van der Waals surface area (Å²) < 4.78 is 6.97. The molecule has 0 aliphatic rings. The normalized spacial score (nSPS) is 10.8. The third-order valence-corrected chi connectivity index (χ3v) is 3.25. The molecule has 0 bridgehead atoms. The molecule has 0 unspecified atom stereocenters. The van der Waals surface area contributed by atoms with Crippen LogP contribution in [0.3, 0.4) is 0 Å². The first-order chi connectivity index (χ1) is 9.54. The van der Waals surface area contributed by atoms with Crippen LogP contribution in [0.5, 0.6) is 0 Å². The van der Waals surface area contributed by atoms with Crippen LogP contribution in [0, 0.1) is 0 Å². The summed E-state index contributed by atoms with van der Waals surface area (Å²) in [6.07, 6.45) is 1.68. The van der Waals surface area contributed by atoms with Gasteiger partial charge in [-0.15, -0.1) is 0 Å². The van der Waals surface area contributed by atoms with E-state index in [-0.39, 0.29) is 17.6 Å². The Morgan fingerprint density at radius 2 is 2.00 bits per heavy atom. The van der Waals surface area contributed by atoms with Crippen LogP contribution in [-0.2, 0) is 4.74 Å². The van der Waals surface area contributed by atoms with E-state index >= 15 is 0 Å². The van der Waals surface area contributed by atoms with Crippen molar-refractivity contribution in [2.24, 2.45) is 0 Å². The Morgan fingerprint density at radius 3 is 2.55 bits per heavy atom. The van der Waals surface area contributed by atoms with Crippen LogP contribution in [0.15, 0.2) is 35.5 Å². The van der Waals surface area contributed by atoms with Gasteiger partial charge in [-0.05, 0) is 32.2 Å². The molecule has 106 valence electrons. The fourth-order valence-corrected chi connectivity index (χ4v) is 2.40. The number of nitrogens with zero attached hydrogens (tertiary/aromatic N) is 2. The van der Waals surface area contributed by atoms with E-state index in [2.05, 4.69) is 4.98 Å². The number of carbonyl (C=O) groups excluding carboxylic acids is 1. The van der Waals surface area contributed by atoms with Gasteiger partial charge in [0.1, 0.15) is 0 Å². The highest BCUT2D eigenvalue weighted by Gasteiger charge is 2.24. The third kappa shape index (κ3) is 2.80. The minimum Gasteiger partial charge on any atom is -0.458 e. The molecule has 0 atom stereocenters. The van der Waals surface area contributed by atoms with Gasteiger partial charge in [-0.1, -0.05) is 30.0 Å². The Balaban J connectivity index is 2.57. The molecule has 1 aromatic heterocycles. The van der Waals surface area contributed by atoms with Crippen LogP contribution in [0.4, 0.5) is 5.82 Å². The second-order valence-corrected chi connectivity index (χ2v) is 5.23. The van der Waals surface area contributed by atoms with Gasteiger partial charge in [-0.25, -0.2) is 9.78 Å². The molecule has 6 heteroatoms. The van der Waals surface area contributed by atoms with E-state index in [1.807, 2.05) is 36.6 Å².